The smallest absolute Gasteiger partial charge is 0.223 e. The average molecular weight is 155 g/mol. The highest BCUT2D eigenvalue weighted by molar-refractivity contribution is 5.79. The maximum absolute atomic E-state index is 11.1. The van der Waals surface area contributed by atoms with Crippen LogP contribution in [-0.2, 0) is 9.59 Å². The summed E-state index contributed by atoms with van der Waals surface area (Å²) in [6.45, 7) is 1.91. The molecule has 0 aliphatic carbocycles. The van der Waals surface area contributed by atoms with Crippen LogP contribution in [0, 0.1) is 5.92 Å². The quantitative estimate of drug-likeness (QED) is 0.590. The third-order valence-corrected chi connectivity index (χ3v) is 2.12. The maximum atomic E-state index is 11.1. The predicted molar refractivity (Wildman–Crippen MR) is 41.0 cm³/mol. The van der Waals surface area contributed by atoms with Crippen LogP contribution in [0.15, 0.2) is 0 Å². The molecule has 1 saturated heterocycles. The largest absolute Gasteiger partial charge is 0.353 e. The minimum Gasteiger partial charge on any atom is -0.353 e. The van der Waals surface area contributed by atoms with Crippen molar-refractivity contribution >= 4 is 12.2 Å². The molecule has 1 amide bonds. The van der Waals surface area contributed by atoms with Crippen molar-refractivity contribution in [2.45, 2.75) is 32.2 Å². The van der Waals surface area contributed by atoms with Gasteiger partial charge < -0.3 is 10.1 Å². The molecule has 0 saturated carbocycles. The van der Waals surface area contributed by atoms with Gasteiger partial charge in [-0.25, -0.2) is 0 Å². The molecule has 0 aromatic rings. The van der Waals surface area contributed by atoms with Gasteiger partial charge in [0.1, 0.15) is 6.29 Å². The second-order valence-electron chi connectivity index (χ2n) is 3.09. The average Bonchev–Trinajstić information content (AvgIpc) is 1.98. The summed E-state index contributed by atoms with van der Waals surface area (Å²) in [5.74, 6) is 0.209. The Hall–Kier alpha value is -0.860. The Bertz CT molecular complexity index is 167. The molecular weight excluding hydrogens is 142 g/mol. The third-order valence-electron chi connectivity index (χ3n) is 2.12. The standard InChI is InChI=1S/C8H13NO2/c1-6-2-3-7(4-5-10)9-8(6)11/h5-7H,2-4H2,1H3,(H,9,11)/t6-,7-/m0/s1. The van der Waals surface area contributed by atoms with E-state index < -0.39 is 0 Å². The lowest BCUT2D eigenvalue weighted by Crippen LogP contribution is -2.43. The minimum atomic E-state index is 0.0862. The van der Waals surface area contributed by atoms with Crippen LogP contribution in [0.2, 0.25) is 0 Å². The Balaban J connectivity index is 2.39. The summed E-state index contributed by atoms with van der Waals surface area (Å²) in [6.07, 6.45) is 3.16. The first-order valence-electron chi connectivity index (χ1n) is 3.98. The molecule has 1 aliphatic rings. The fraction of sp³-hybridized carbons (Fsp3) is 0.750. The van der Waals surface area contributed by atoms with Gasteiger partial charge in [-0.05, 0) is 12.8 Å². The van der Waals surface area contributed by atoms with Crippen molar-refractivity contribution in [3.05, 3.63) is 0 Å². The van der Waals surface area contributed by atoms with Gasteiger partial charge in [-0.15, -0.1) is 0 Å². The molecule has 0 spiro atoms. The third kappa shape index (κ3) is 2.03. The SMILES string of the molecule is C[C@H]1CC[C@@H](CC=O)NC1=O. The number of amides is 1. The number of piperidine rings is 1. The Kier molecular flexibility index (Phi) is 2.63. The zero-order chi connectivity index (χ0) is 8.27. The predicted octanol–water partition coefficient (Wildman–Crippen LogP) is 0.490. The van der Waals surface area contributed by atoms with Crippen LogP contribution in [-0.4, -0.2) is 18.2 Å². The molecule has 1 N–H and O–H groups in total. The zero-order valence-corrected chi connectivity index (χ0v) is 6.67. The van der Waals surface area contributed by atoms with Crippen LogP contribution in [0.4, 0.5) is 0 Å². The van der Waals surface area contributed by atoms with E-state index in [9.17, 15) is 9.59 Å². The number of carbonyl (C=O) groups excluding carboxylic acids is 2. The second kappa shape index (κ2) is 3.51. The van der Waals surface area contributed by atoms with Crippen LogP contribution in [0.25, 0.3) is 0 Å². The summed E-state index contributed by atoms with van der Waals surface area (Å²) in [6, 6.07) is 0.0937. The van der Waals surface area contributed by atoms with Gasteiger partial charge in [0.25, 0.3) is 0 Å². The van der Waals surface area contributed by atoms with Gasteiger partial charge in [-0.2, -0.15) is 0 Å². The van der Waals surface area contributed by atoms with Crippen molar-refractivity contribution in [3.8, 4) is 0 Å². The highest BCUT2D eigenvalue weighted by Gasteiger charge is 2.23. The van der Waals surface area contributed by atoms with E-state index in [2.05, 4.69) is 5.32 Å². The van der Waals surface area contributed by atoms with E-state index in [0.717, 1.165) is 19.1 Å². The van der Waals surface area contributed by atoms with Gasteiger partial charge in [-0.1, -0.05) is 6.92 Å². The highest BCUT2D eigenvalue weighted by Crippen LogP contribution is 2.15. The Labute approximate surface area is 66.2 Å². The summed E-state index contributed by atoms with van der Waals surface area (Å²) in [4.78, 5) is 21.2. The summed E-state index contributed by atoms with van der Waals surface area (Å²) >= 11 is 0. The number of hydrogen-bond acceptors (Lipinski definition) is 2. The first-order chi connectivity index (χ1) is 5.24. The highest BCUT2D eigenvalue weighted by atomic mass is 16.2. The Morgan fingerprint density at radius 3 is 2.91 bits per heavy atom. The second-order valence-corrected chi connectivity index (χ2v) is 3.09. The molecule has 0 radical (unpaired) electrons. The van der Waals surface area contributed by atoms with Crippen molar-refractivity contribution in [1.82, 2.24) is 5.32 Å². The zero-order valence-electron chi connectivity index (χ0n) is 6.67. The van der Waals surface area contributed by atoms with Crippen molar-refractivity contribution in [2.75, 3.05) is 0 Å². The topological polar surface area (TPSA) is 46.2 Å². The van der Waals surface area contributed by atoms with Crippen molar-refractivity contribution < 1.29 is 9.59 Å². The molecular formula is C8H13NO2. The van der Waals surface area contributed by atoms with Crippen molar-refractivity contribution in [3.63, 3.8) is 0 Å². The number of rotatable bonds is 2. The van der Waals surface area contributed by atoms with Gasteiger partial charge in [-0.3, -0.25) is 4.79 Å². The van der Waals surface area contributed by atoms with E-state index in [1.165, 1.54) is 0 Å². The van der Waals surface area contributed by atoms with Crippen molar-refractivity contribution in [2.24, 2.45) is 5.92 Å². The van der Waals surface area contributed by atoms with Crippen LogP contribution in [0.5, 0.6) is 0 Å². The van der Waals surface area contributed by atoms with Crippen molar-refractivity contribution in [1.29, 1.82) is 0 Å². The monoisotopic (exact) mass is 155 g/mol. The summed E-state index contributed by atoms with van der Waals surface area (Å²) in [5.41, 5.74) is 0. The molecule has 11 heavy (non-hydrogen) atoms. The van der Waals surface area contributed by atoms with E-state index >= 15 is 0 Å². The maximum Gasteiger partial charge on any atom is 0.223 e. The Morgan fingerprint density at radius 1 is 1.64 bits per heavy atom. The number of aldehydes is 1. The lowest BCUT2D eigenvalue weighted by atomic mass is 9.94. The first kappa shape index (κ1) is 8.24. The molecule has 0 aromatic heterocycles. The molecule has 1 aliphatic heterocycles. The molecule has 62 valence electrons. The van der Waals surface area contributed by atoms with Gasteiger partial charge in [0.05, 0.1) is 0 Å². The molecule has 0 unspecified atom stereocenters. The minimum absolute atomic E-state index is 0.0862. The molecule has 1 rings (SSSR count). The van der Waals surface area contributed by atoms with Gasteiger partial charge in [0.15, 0.2) is 0 Å². The van der Waals surface area contributed by atoms with E-state index in [1.807, 2.05) is 6.92 Å². The van der Waals surface area contributed by atoms with Gasteiger partial charge in [0, 0.05) is 18.4 Å². The molecule has 0 aromatic carbocycles. The molecule has 3 nitrogen and oxygen atoms in total. The molecule has 3 heteroatoms. The number of nitrogens with one attached hydrogen (secondary N) is 1. The van der Waals surface area contributed by atoms with E-state index in [4.69, 9.17) is 0 Å². The fourth-order valence-electron chi connectivity index (χ4n) is 1.29. The molecule has 0 bridgehead atoms. The molecule has 2 atom stereocenters. The van der Waals surface area contributed by atoms with Crippen LogP contribution in [0.1, 0.15) is 26.2 Å². The molecule has 1 heterocycles. The van der Waals surface area contributed by atoms with E-state index in [-0.39, 0.29) is 17.9 Å². The van der Waals surface area contributed by atoms with Crippen LogP contribution < -0.4 is 5.32 Å². The summed E-state index contributed by atoms with van der Waals surface area (Å²) in [5, 5.41) is 2.80. The van der Waals surface area contributed by atoms with E-state index in [0.29, 0.717) is 6.42 Å². The van der Waals surface area contributed by atoms with Crippen LogP contribution >= 0.6 is 0 Å². The lowest BCUT2D eigenvalue weighted by molar-refractivity contribution is -0.127. The fourth-order valence-corrected chi connectivity index (χ4v) is 1.29. The first-order valence-corrected chi connectivity index (χ1v) is 3.98. The summed E-state index contributed by atoms with van der Waals surface area (Å²) in [7, 11) is 0. The summed E-state index contributed by atoms with van der Waals surface area (Å²) < 4.78 is 0. The van der Waals surface area contributed by atoms with E-state index in [1.54, 1.807) is 0 Å². The van der Waals surface area contributed by atoms with Crippen LogP contribution in [0.3, 0.4) is 0 Å². The normalized spacial score (nSPS) is 31.2. The van der Waals surface area contributed by atoms with Gasteiger partial charge >= 0.3 is 0 Å². The Morgan fingerprint density at radius 2 is 2.36 bits per heavy atom. The van der Waals surface area contributed by atoms with Gasteiger partial charge in [0.2, 0.25) is 5.91 Å². The number of hydrogen-bond donors (Lipinski definition) is 1. The molecule has 1 fully saturated rings. The lowest BCUT2D eigenvalue weighted by Gasteiger charge is -2.25. The number of carbonyl (C=O) groups is 2.